The zero-order valence-electron chi connectivity index (χ0n) is 17.5. The molecule has 1 amide bonds. The van der Waals surface area contributed by atoms with E-state index in [0.29, 0.717) is 23.1 Å². The fourth-order valence-corrected chi connectivity index (χ4v) is 3.00. The van der Waals surface area contributed by atoms with Crippen LogP contribution in [0.3, 0.4) is 0 Å². The number of hydrogen-bond acceptors (Lipinski definition) is 9. The van der Waals surface area contributed by atoms with Gasteiger partial charge in [-0.05, 0) is 31.2 Å². The maximum absolute atomic E-state index is 12.5. The first kappa shape index (κ1) is 22.0. The standard InChI is InChI=1S/C21H15N7O6/c1-13-22-6-7-26(13)19-11-20(24-12-23-19)34-18-4-2-15(3-5-18)25-21(29)14-8-16(27(30)31)10-17(9-14)28(32)33/h2-12H,1H3,(H,25,29). The maximum atomic E-state index is 12.5. The Morgan fingerprint density at radius 3 is 2.24 bits per heavy atom. The zero-order chi connectivity index (χ0) is 24.2. The highest BCUT2D eigenvalue weighted by molar-refractivity contribution is 6.05. The van der Waals surface area contributed by atoms with Crippen molar-refractivity contribution in [2.75, 3.05) is 5.32 Å². The Bertz CT molecular complexity index is 1370. The van der Waals surface area contributed by atoms with E-state index in [2.05, 4.69) is 20.3 Å². The summed E-state index contributed by atoms with van der Waals surface area (Å²) in [5.41, 5.74) is -0.982. The lowest BCUT2D eigenvalue weighted by Gasteiger charge is -2.09. The Morgan fingerprint density at radius 2 is 1.65 bits per heavy atom. The zero-order valence-corrected chi connectivity index (χ0v) is 17.5. The van der Waals surface area contributed by atoms with E-state index < -0.39 is 27.1 Å². The van der Waals surface area contributed by atoms with Gasteiger partial charge in [-0.25, -0.2) is 15.0 Å². The second-order valence-corrected chi connectivity index (χ2v) is 6.89. The monoisotopic (exact) mass is 461 g/mol. The van der Waals surface area contributed by atoms with Gasteiger partial charge in [-0.15, -0.1) is 0 Å². The molecule has 2 aromatic carbocycles. The Morgan fingerprint density at radius 1 is 0.971 bits per heavy atom. The van der Waals surface area contributed by atoms with Crippen molar-refractivity contribution in [1.29, 1.82) is 0 Å². The van der Waals surface area contributed by atoms with Gasteiger partial charge in [-0.3, -0.25) is 29.6 Å². The molecule has 0 aliphatic rings. The molecular formula is C21H15N7O6. The average Bonchev–Trinajstić information content (AvgIpc) is 3.26. The molecule has 0 fully saturated rings. The number of anilines is 1. The van der Waals surface area contributed by atoms with Gasteiger partial charge < -0.3 is 10.1 Å². The number of nitro benzene ring substituents is 2. The van der Waals surface area contributed by atoms with Crippen LogP contribution in [0.15, 0.2) is 67.3 Å². The summed E-state index contributed by atoms with van der Waals surface area (Å²) in [7, 11) is 0. The van der Waals surface area contributed by atoms with Gasteiger partial charge in [-0.2, -0.15) is 0 Å². The summed E-state index contributed by atoms with van der Waals surface area (Å²) in [6.45, 7) is 1.83. The number of nitrogens with zero attached hydrogens (tertiary/aromatic N) is 6. The van der Waals surface area contributed by atoms with Crippen LogP contribution in [0, 0.1) is 27.2 Å². The first-order chi connectivity index (χ1) is 16.3. The van der Waals surface area contributed by atoms with Crippen molar-refractivity contribution < 1.29 is 19.4 Å². The number of aromatic nitrogens is 4. The van der Waals surface area contributed by atoms with Crippen LogP contribution in [0.25, 0.3) is 5.82 Å². The van der Waals surface area contributed by atoms with Gasteiger partial charge in [0.25, 0.3) is 17.3 Å². The Labute approximate surface area is 191 Å². The van der Waals surface area contributed by atoms with Crippen molar-refractivity contribution in [2.24, 2.45) is 0 Å². The van der Waals surface area contributed by atoms with Gasteiger partial charge in [0, 0.05) is 36.3 Å². The molecule has 0 aliphatic carbocycles. The lowest BCUT2D eigenvalue weighted by atomic mass is 10.1. The number of non-ortho nitro benzene ring substituents is 2. The maximum Gasteiger partial charge on any atom is 0.277 e. The van der Waals surface area contributed by atoms with Crippen LogP contribution in [0.2, 0.25) is 0 Å². The second-order valence-electron chi connectivity index (χ2n) is 6.89. The third-order valence-corrected chi connectivity index (χ3v) is 4.62. The summed E-state index contributed by atoms with van der Waals surface area (Å²) in [5, 5.41) is 24.6. The van der Waals surface area contributed by atoms with E-state index in [1.807, 2.05) is 6.92 Å². The molecule has 0 bridgehead atoms. The molecular weight excluding hydrogens is 446 g/mol. The molecule has 170 valence electrons. The van der Waals surface area contributed by atoms with Crippen molar-refractivity contribution in [3.63, 3.8) is 0 Å². The fraction of sp³-hybridized carbons (Fsp3) is 0.0476. The summed E-state index contributed by atoms with van der Waals surface area (Å²) < 4.78 is 7.51. The van der Waals surface area contributed by atoms with Crippen LogP contribution in [0.5, 0.6) is 11.6 Å². The SMILES string of the molecule is Cc1nccn1-c1cc(Oc2ccc(NC(=O)c3cc([N+](=O)[O-])cc([N+](=O)[O-])c3)cc2)ncn1. The quantitative estimate of drug-likeness (QED) is 0.317. The Hall–Kier alpha value is -5.20. The van der Waals surface area contributed by atoms with E-state index in [4.69, 9.17) is 4.74 Å². The predicted octanol–water partition coefficient (Wildman–Crippen LogP) is 3.83. The highest BCUT2D eigenvalue weighted by atomic mass is 16.6. The van der Waals surface area contributed by atoms with E-state index in [0.717, 1.165) is 24.0 Å². The topological polar surface area (TPSA) is 168 Å². The van der Waals surface area contributed by atoms with Crippen LogP contribution < -0.4 is 10.1 Å². The highest BCUT2D eigenvalue weighted by Gasteiger charge is 2.20. The van der Waals surface area contributed by atoms with Crippen molar-refractivity contribution in [2.45, 2.75) is 6.92 Å². The van der Waals surface area contributed by atoms with Crippen molar-refractivity contribution in [3.05, 3.63) is 98.9 Å². The number of hydrogen-bond donors (Lipinski definition) is 1. The van der Waals surface area contributed by atoms with E-state index in [9.17, 15) is 25.0 Å². The molecule has 0 saturated carbocycles. The number of nitrogens with one attached hydrogen (secondary N) is 1. The molecule has 13 heteroatoms. The minimum Gasteiger partial charge on any atom is -0.439 e. The normalized spacial score (nSPS) is 10.5. The second kappa shape index (κ2) is 9.12. The van der Waals surface area contributed by atoms with E-state index in [1.54, 1.807) is 47.3 Å². The first-order valence-corrected chi connectivity index (χ1v) is 9.65. The van der Waals surface area contributed by atoms with E-state index in [1.165, 1.54) is 6.33 Å². The summed E-state index contributed by atoms with van der Waals surface area (Å²) >= 11 is 0. The largest absolute Gasteiger partial charge is 0.439 e. The summed E-state index contributed by atoms with van der Waals surface area (Å²) in [5.74, 6) is 1.31. The van der Waals surface area contributed by atoms with Gasteiger partial charge >= 0.3 is 0 Å². The van der Waals surface area contributed by atoms with Crippen LogP contribution in [0.1, 0.15) is 16.2 Å². The van der Waals surface area contributed by atoms with Crippen LogP contribution in [0.4, 0.5) is 17.1 Å². The number of imidazole rings is 1. The molecule has 0 saturated heterocycles. The number of carbonyl (C=O) groups is 1. The molecule has 2 aromatic heterocycles. The number of carbonyl (C=O) groups excluding carboxylic acids is 1. The number of amides is 1. The number of benzene rings is 2. The number of nitro groups is 2. The molecule has 4 rings (SSSR count). The molecule has 0 spiro atoms. The molecule has 0 unspecified atom stereocenters. The minimum absolute atomic E-state index is 0.218. The third-order valence-electron chi connectivity index (χ3n) is 4.62. The van der Waals surface area contributed by atoms with Crippen molar-refractivity contribution in [3.8, 4) is 17.4 Å². The summed E-state index contributed by atoms with van der Waals surface area (Å²) in [6.07, 6.45) is 4.77. The molecule has 2 heterocycles. The highest BCUT2D eigenvalue weighted by Crippen LogP contribution is 2.25. The first-order valence-electron chi connectivity index (χ1n) is 9.65. The van der Waals surface area contributed by atoms with Crippen LogP contribution in [-0.4, -0.2) is 35.3 Å². The minimum atomic E-state index is -0.803. The van der Waals surface area contributed by atoms with Gasteiger partial charge in [0.15, 0.2) is 0 Å². The fourth-order valence-electron chi connectivity index (χ4n) is 3.00. The lowest BCUT2D eigenvalue weighted by Crippen LogP contribution is -2.12. The van der Waals surface area contributed by atoms with E-state index in [-0.39, 0.29) is 5.56 Å². The lowest BCUT2D eigenvalue weighted by molar-refractivity contribution is -0.394. The van der Waals surface area contributed by atoms with Crippen LogP contribution >= 0.6 is 0 Å². The Kier molecular flexibility index (Phi) is 5.90. The molecule has 34 heavy (non-hydrogen) atoms. The van der Waals surface area contributed by atoms with Crippen molar-refractivity contribution in [1.82, 2.24) is 19.5 Å². The molecule has 4 aromatic rings. The molecule has 13 nitrogen and oxygen atoms in total. The third kappa shape index (κ3) is 4.83. The molecule has 1 N–H and O–H groups in total. The number of rotatable bonds is 7. The molecule has 0 atom stereocenters. The summed E-state index contributed by atoms with van der Waals surface area (Å²) in [4.78, 5) is 45.4. The van der Waals surface area contributed by atoms with Gasteiger partial charge in [0.1, 0.15) is 23.7 Å². The van der Waals surface area contributed by atoms with Crippen LogP contribution in [-0.2, 0) is 0 Å². The van der Waals surface area contributed by atoms with Gasteiger partial charge in [0.05, 0.1) is 21.5 Å². The molecule has 0 radical (unpaired) electrons. The number of aryl methyl sites for hydroxylation is 1. The van der Waals surface area contributed by atoms with Crippen molar-refractivity contribution >= 4 is 23.0 Å². The molecule has 0 aliphatic heterocycles. The van der Waals surface area contributed by atoms with Gasteiger partial charge in [-0.1, -0.05) is 0 Å². The van der Waals surface area contributed by atoms with Gasteiger partial charge in [0.2, 0.25) is 5.88 Å². The van der Waals surface area contributed by atoms with E-state index >= 15 is 0 Å². The number of ether oxygens (including phenoxy) is 1. The smallest absolute Gasteiger partial charge is 0.277 e. The average molecular weight is 461 g/mol. The predicted molar refractivity (Wildman–Crippen MR) is 118 cm³/mol. The Balaban J connectivity index is 1.48. The summed E-state index contributed by atoms with van der Waals surface area (Å²) in [6, 6.07) is 10.6.